The van der Waals surface area contributed by atoms with E-state index in [2.05, 4.69) is 5.32 Å². The highest BCUT2D eigenvalue weighted by Gasteiger charge is 2.49. The lowest BCUT2D eigenvalue weighted by atomic mass is 10.1. The van der Waals surface area contributed by atoms with E-state index >= 15 is 0 Å². The number of urea groups is 1. The lowest BCUT2D eigenvalue weighted by Crippen LogP contribution is -2.43. The molecule has 2 aromatic carbocycles. The van der Waals surface area contributed by atoms with Gasteiger partial charge in [0.25, 0.3) is 5.91 Å². The molecular formula is C22H22FN3O3. The Bertz CT molecular complexity index is 911. The van der Waals surface area contributed by atoms with Gasteiger partial charge >= 0.3 is 6.03 Å². The van der Waals surface area contributed by atoms with Gasteiger partial charge in [-0.3, -0.25) is 9.59 Å². The van der Waals surface area contributed by atoms with Crippen molar-refractivity contribution in [2.75, 3.05) is 10.2 Å². The number of halogens is 1. The van der Waals surface area contributed by atoms with Gasteiger partial charge in [-0.1, -0.05) is 31.0 Å². The number of nitrogens with zero attached hydrogens (tertiary/aromatic N) is 2. The summed E-state index contributed by atoms with van der Waals surface area (Å²) in [6, 6.07) is 12.9. The summed E-state index contributed by atoms with van der Waals surface area (Å²) in [6.45, 7) is 0. The second-order valence-corrected chi connectivity index (χ2v) is 7.41. The largest absolute Gasteiger partial charge is 0.332 e. The number of para-hydroxylation sites is 1. The summed E-state index contributed by atoms with van der Waals surface area (Å²) in [4.78, 5) is 41.7. The standard InChI is InChI=1S/C22H22FN3O3/c23-15-10-12-16(13-11-15)24-20(27)14-19-21(28)26(18-6-2-1-3-7-18)22(29)25(19)17-8-4-5-9-17/h1-3,6-7,10-13,17,19H,4-5,8-9,14H2,(H,24,27). The van der Waals surface area contributed by atoms with Crippen LogP contribution in [0.5, 0.6) is 0 Å². The summed E-state index contributed by atoms with van der Waals surface area (Å²) in [7, 11) is 0. The van der Waals surface area contributed by atoms with Crippen molar-refractivity contribution >= 4 is 29.2 Å². The first-order valence-electron chi connectivity index (χ1n) is 9.81. The molecule has 1 saturated carbocycles. The van der Waals surface area contributed by atoms with E-state index in [9.17, 15) is 18.8 Å². The summed E-state index contributed by atoms with van der Waals surface area (Å²) < 4.78 is 13.1. The van der Waals surface area contributed by atoms with E-state index in [1.165, 1.54) is 29.2 Å². The van der Waals surface area contributed by atoms with Crippen molar-refractivity contribution < 1.29 is 18.8 Å². The third-order valence-electron chi connectivity index (χ3n) is 5.49. The molecular weight excluding hydrogens is 373 g/mol. The van der Waals surface area contributed by atoms with Crippen LogP contribution in [0.15, 0.2) is 54.6 Å². The van der Waals surface area contributed by atoms with E-state index in [-0.39, 0.29) is 30.3 Å². The molecule has 0 spiro atoms. The third kappa shape index (κ3) is 3.85. The van der Waals surface area contributed by atoms with Gasteiger partial charge < -0.3 is 10.2 Å². The molecule has 29 heavy (non-hydrogen) atoms. The molecule has 1 saturated heterocycles. The normalized spacial score (nSPS) is 19.8. The van der Waals surface area contributed by atoms with Crippen molar-refractivity contribution in [3.05, 3.63) is 60.4 Å². The minimum Gasteiger partial charge on any atom is -0.326 e. The van der Waals surface area contributed by atoms with Gasteiger partial charge in [-0.15, -0.1) is 0 Å². The fourth-order valence-corrected chi connectivity index (χ4v) is 4.13. The number of carbonyl (C=O) groups is 3. The average Bonchev–Trinajstić information content (AvgIpc) is 3.31. The first-order chi connectivity index (χ1) is 14.0. The third-order valence-corrected chi connectivity index (χ3v) is 5.49. The van der Waals surface area contributed by atoms with Crippen LogP contribution in [0.4, 0.5) is 20.6 Å². The van der Waals surface area contributed by atoms with Gasteiger partial charge in [-0.05, 0) is 49.2 Å². The van der Waals surface area contributed by atoms with Crippen LogP contribution in [0.1, 0.15) is 32.1 Å². The molecule has 0 aromatic heterocycles. The van der Waals surface area contributed by atoms with Gasteiger partial charge in [0.1, 0.15) is 11.9 Å². The number of hydrogen-bond acceptors (Lipinski definition) is 3. The molecule has 1 unspecified atom stereocenters. The zero-order valence-electron chi connectivity index (χ0n) is 15.9. The molecule has 4 amide bonds. The average molecular weight is 395 g/mol. The predicted molar refractivity (Wildman–Crippen MR) is 107 cm³/mol. The summed E-state index contributed by atoms with van der Waals surface area (Å²) in [6.07, 6.45) is 3.53. The van der Waals surface area contributed by atoms with E-state index in [1.54, 1.807) is 29.2 Å². The Balaban J connectivity index is 1.56. The molecule has 4 rings (SSSR count). The summed E-state index contributed by atoms with van der Waals surface area (Å²) >= 11 is 0. The van der Waals surface area contributed by atoms with Gasteiger partial charge in [0.05, 0.1) is 12.1 Å². The van der Waals surface area contributed by atoms with Crippen LogP contribution < -0.4 is 10.2 Å². The van der Waals surface area contributed by atoms with Crippen molar-refractivity contribution in [1.82, 2.24) is 4.90 Å². The highest BCUT2D eigenvalue weighted by Crippen LogP contribution is 2.34. The zero-order valence-corrected chi connectivity index (χ0v) is 15.9. The molecule has 0 radical (unpaired) electrons. The Kier molecular flexibility index (Phi) is 5.29. The Hall–Kier alpha value is -3.22. The molecule has 7 heteroatoms. The second kappa shape index (κ2) is 8.03. The maximum absolute atomic E-state index is 13.1. The maximum Gasteiger partial charge on any atom is 0.332 e. The van der Waals surface area contributed by atoms with Crippen LogP contribution in [0, 0.1) is 5.82 Å². The van der Waals surface area contributed by atoms with Crippen LogP contribution >= 0.6 is 0 Å². The van der Waals surface area contributed by atoms with E-state index in [0.29, 0.717) is 11.4 Å². The van der Waals surface area contributed by atoms with E-state index in [0.717, 1.165) is 25.7 Å². The Labute approximate surface area is 168 Å². The molecule has 1 aliphatic carbocycles. The van der Waals surface area contributed by atoms with Gasteiger partial charge in [-0.25, -0.2) is 14.1 Å². The smallest absolute Gasteiger partial charge is 0.326 e. The van der Waals surface area contributed by atoms with E-state index in [1.807, 2.05) is 6.07 Å². The van der Waals surface area contributed by atoms with Crippen LogP contribution in [-0.2, 0) is 9.59 Å². The predicted octanol–water partition coefficient (Wildman–Crippen LogP) is 3.93. The number of hydrogen-bond donors (Lipinski definition) is 1. The second-order valence-electron chi connectivity index (χ2n) is 7.41. The molecule has 1 atom stereocenters. The minimum atomic E-state index is -0.841. The summed E-state index contributed by atoms with van der Waals surface area (Å²) in [5.74, 6) is -1.17. The first-order valence-corrected chi connectivity index (χ1v) is 9.81. The number of anilines is 2. The Morgan fingerprint density at radius 1 is 1.00 bits per heavy atom. The molecule has 1 heterocycles. The molecule has 6 nitrogen and oxygen atoms in total. The molecule has 2 aliphatic rings. The Morgan fingerprint density at radius 3 is 2.31 bits per heavy atom. The number of benzene rings is 2. The number of nitrogens with one attached hydrogen (secondary N) is 1. The van der Waals surface area contributed by atoms with Crippen molar-refractivity contribution in [1.29, 1.82) is 0 Å². The van der Waals surface area contributed by atoms with Gasteiger partial charge in [0.2, 0.25) is 5.91 Å². The molecule has 0 bridgehead atoms. The maximum atomic E-state index is 13.1. The van der Waals surface area contributed by atoms with E-state index in [4.69, 9.17) is 0 Å². The molecule has 1 aliphatic heterocycles. The number of imide groups is 1. The van der Waals surface area contributed by atoms with Gasteiger partial charge in [0, 0.05) is 11.7 Å². The van der Waals surface area contributed by atoms with Crippen molar-refractivity contribution in [3.8, 4) is 0 Å². The monoisotopic (exact) mass is 395 g/mol. The first kappa shape index (κ1) is 19.1. The topological polar surface area (TPSA) is 69.7 Å². The molecule has 2 fully saturated rings. The van der Waals surface area contributed by atoms with Crippen LogP contribution in [0.25, 0.3) is 0 Å². The molecule has 1 N–H and O–H groups in total. The number of amides is 4. The summed E-state index contributed by atoms with van der Waals surface area (Å²) in [5.41, 5.74) is 0.951. The lowest BCUT2D eigenvalue weighted by molar-refractivity contribution is -0.124. The number of carbonyl (C=O) groups excluding carboxylic acids is 3. The fourth-order valence-electron chi connectivity index (χ4n) is 4.13. The zero-order chi connectivity index (χ0) is 20.4. The fraction of sp³-hybridized carbons (Fsp3) is 0.318. The van der Waals surface area contributed by atoms with Crippen LogP contribution in [0.2, 0.25) is 0 Å². The van der Waals surface area contributed by atoms with E-state index < -0.39 is 11.9 Å². The van der Waals surface area contributed by atoms with Crippen molar-refractivity contribution in [2.24, 2.45) is 0 Å². The summed E-state index contributed by atoms with van der Waals surface area (Å²) in [5, 5.41) is 2.68. The van der Waals surface area contributed by atoms with Crippen LogP contribution in [0.3, 0.4) is 0 Å². The van der Waals surface area contributed by atoms with Crippen LogP contribution in [-0.4, -0.2) is 34.8 Å². The Morgan fingerprint density at radius 2 is 1.66 bits per heavy atom. The molecule has 2 aromatic rings. The van der Waals surface area contributed by atoms with Crippen molar-refractivity contribution in [2.45, 2.75) is 44.2 Å². The SMILES string of the molecule is O=C(CC1C(=O)N(c2ccccc2)C(=O)N1C1CCCC1)Nc1ccc(F)cc1. The van der Waals surface area contributed by atoms with Crippen molar-refractivity contribution in [3.63, 3.8) is 0 Å². The van der Waals surface area contributed by atoms with Gasteiger partial charge in [0.15, 0.2) is 0 Å². The van der Waals surface area contributed by atoms with Gasteiger partial charge in [-0.2, -0.15) is 0 Å². The molecule has 150 valence electrons. The highest BCUT2D eigenvalue weighted by molar-refractivity contribution is 6.22. The quantitative estimate of drug-likeness (QED) is 0.780. The highest BCUT2D eigenvalue weighted by atomic mass is 19.1. The minimum absolute atomic E-state index is 0.0382. The number of rotatable bonds is 5. The lowest BCUT2D eigenvalue weighted by Gasteiger charge is -2.27.